The van der Waals surface area contributed by atoms with Crippen LogP contribution in [-0.2, 0) is 0 Å². The molecule has 0 aromatic heterocycles. The van der Waals surface area contributed by atoms with E-state index in [0.717, 1.165) is 0 Å². The first-order chi connectivity index (χ1) is 18.3. The second-order valence-corrected chi connectivity index (χ2v) is 11.9. The molecule has 1 heteroatoms. The van der Waals surface area contributed by atoms with Gasteiger partial charge in [0, 0.05) is 0 Å². The maximum atomic E-state index is 3.64. The average molecular weight is 524 g/mol. The lowest BCUT2D eigenvalue weighted by Crippen LogP contribution is -2.16. The van der Waals surface area contributed by atoms with Crippen LogP contribution in [0.5, 0.6) is 0 Å². The molecule has 1 nitrogen and oxygen atoms in total. The number of hydrogen-bond donors (Lipinski definition) is 1. The van der Waals surface area contributed by atoms with Gasteiger partial charge in [-0.1, -0.05) is 207 Å². The van der Waals surface area contributed by atoms with Crippen LogP contribution in [0.25, 0.3) is 0 Å². The summed E-state index contributed by atoms with van der Waals surface area (Å²) >= 11 is 0. The third-order valence-corrected chi connectivity index (χ3v) is 7.87. The fraction of sp³-hybridized carbons (Fsp3) is 1.00. The third kappa shape index (κ3) is 43.3. The third-order valence-electron chi connectivity index (χ3n) is 7.87. The van der Waals surface area contributed by atoms with Crippen molar-refractivity contribution in [1.82, 2.24) is 5.32 Å². The summed E-state index contributed by atoms with van der Waals surface area (Å²) in [6, 6.07) is 0. The molecule has 0 unspecified atom stereocenters. The smallest absolute Gasteiger partial charge is 0.00489 e. The molecule has 1 N–H and O–H groups in total. The normalized spacial score (nSPS) is 11.0. The lowest BCUT2D eigenvalue weighted by molar-refractivity contribution is 0.525. The van der Waals surface area contributed by atoms with E-state index in [0.29, 0.717) is 0 Å². The first-order valence-corrected chi connectivity index (χ1v) is 18.0. The lowest BCUT2D eigenvalue weighted by Gasteiger charge is -2.05. The Labute approximate surface area is 238 Å². The van der Waals surface area contributed by atoms with Gasteiger partial charge in [0.1, 0.15) is 0 Å². The Morgan fingerprint density at radius 1 is 0.216 bits per heavy atom. The minimum absolute atomic E-state index is 1.24. The average Bonchev–Trinajstić information content (AvgIpc) is 2.91. The Bertz CT molecular complexity index is 308. The van der Waals surface area contributed by atoms with Crippen LogP contribution in [0.1, 0.15) is 220 Å². The highest BCUT2D eigenvalue weighted by Crippen LogP contribution is 2.12. The van der Waals surface area contributed by atoms with Gasteiger partial charge in [0.25, 0.3) is 0 Å². The number of hydrogen-bond acceptors (Lipinski definition) is 1. The molecule has 0 spiro atoms. The second kappa shape index (κ2) is 40.5. The maximum absolute atomic E-state index is 3.64. The molecule has 37 heavy (non-hydrogen) atoms. The van der Waals surface area contributed by atoms with Crippen LogP contribution in [0.15, 0.2) is 0 Å². The SMILES string of the molecule is CCCCCCCCCCCC.CCCCCCCCCCCCNCCCCCCCCCCCC. The molecule has 226 valence electrons. The summed E-state index contributed by atoms with van der Waals surface area (Å²) in [5.74, 6) is 0. The van der Waals surface area contributed by atoms with Gasteiger partial charge >= 0.3 is 0 Å². The van der Waals surface area contributed by atoms with Crippen LogP contribution in [0.3, 0.4) is 0 Å². The maximum Gasteiger partial charge on any atom is -0.00489 e. The molecule has 0 aliphatic carbocycles. The van der Waals surface area contributed by atoms with Crippen LogP contribution >= 0.6 is 0 Å². The highest BCUT2D eigenvalue weighted by Gasteiger charge is 1.95. The molecule has 0 saturated carbocycles. The van der Waals surface area contributed by atoms with Gasteiger partial charge in [-0.2, -0.15) is 0 Å². The van der Waals surface area contributed by atoms with E-state index in [9.17, 15) is 0 Å². The summed E-state index contributed by atoms with van der Waals surface area (Å²) in [6.45, 7) is 11.6. The summed E-state index contributed by atoms with van der Waals surface area (Å²) in [6.07, 6.45) is 43.2. The largest absolute Gasteiger partial charge is 0.317 e. The molecule has 0 fully saturated rings. The van der Waals surface area contributed by atoms with Crippen molar-refractivity contribution in [3.05, 3.63) is 0 Å². The number of nitrogens with one attached hydrogen (secondary N) is 1. The van der Waals surface area contributed by atoms with Gasteiger partial charge in [-0.25, -0.2) is 0 Å². The summed E-state index contributed by atoms with van der Waals surface area (Å²) in [4.78, 5) is 0. The molecule has 0 radical (unpaired) electrons. The van der Waals surface area contributed by atoms with Crippen molar-refractivity contribution in [2.75, 3.05) is 13.1 Å². The first kappa shape index (κ1) is 39.1. The Morgan fingerprint density at radius 2 is 0.378 bits per heavy atom. The monoisotopic (exact) mass is 524 g/mol. The molecule has 0 bridgehead atoms. The predicted molar refractivity (Wildman–Crippen MR) is 174 cm³/mol. The first-order valence-electron chi connectivity index (χ1n) is 18.0. The molecule has 0 atom stereocenters. The highest BCUT2D eigenvalue weighted by molar-refractivity contribution is 4.53. The van der Waals surface area contributed by atoms with Crippen LogP contribution in [0.4, 0.5) is 0 Å². The predicted octanol–water partition coefficient (Wildman–Crippen LogP) is 13.3. The van der Waals surface area contributed by atoms with Gasteiger partial charge in [0.2, 0.25) is 0 Å². The van der Waals surface area contributed by atoms with Crippen LogP contribution in [0, 0.1) is 0 Å². The minimum atomic E-state index is 1.24. The molecule has 0 aliphatic heterocycles. The van der Waals surface area contributed by atoms with Gasteiger partial charge in [0.15, 0.2) is 0 Å². The van der Waals surface area contributed by atoms with Crippen molar-refractivity contribution < 1.29 is 0 Å². The van der Waals surface area contributed by atoms with Crippen molar-refractivity contribution in [1.29, 1.82) is 0 Å². The standard InChI is InChI=1S/C24H51N.C12H26/c1-3-5-7-9-11-13-15-17-19-21-23-25-24-22-20-18-16-14-12-10-8-6-4-2;1-3-5-7-9-11-12-10-8-6-4-2/h25H,3-24H2,1-2H3;3-12H2,1-2H3. The Kier molecular flexibility index (Phi) is 42.8. The Balaban J connectivity index is 0. The van der Waals surface area contributed by atoms with Crippen LogP contribution < -0.4 is 5.32 Å². The molecule has 0 aromatic rings. The molecule has 0 rings (SSSR count). The zero-order chi connectivity index (χ0) is 27.3. The zero-order valence-corrected chi connectivity index (χ0v) is 27.1. The molecule has 0 amide bonds. The summed E-state index contributed by atoms with van der Waals surface area (Å²) < 4.78 is 0. The van der Waals surface area contributed by atoms with E-state index in [1.54, 1.807) is 0 Å². The van der Waals surface area contributed by atoms with Gasteiger partial charge in [-0.3, -0.25) is 0 Å². The molecular weight excluding hydrogens is 446 g/mol. The zero-order valence-electron chi connectivity index (χ0n) is 27.1. The second-order valence-electron chi connectivity index (χ2n) is 11.9. The van der Waals surface area contributed by atoms with E-state index in [4.69, 9.17) is 0 Å². The van der Waals surface area contributed by atoms with Crippen molar-refractivity contribution in [2.24, 2.45) is 0 Å². The number of unbranched alkanes of at least 4 members (excludes halogenated alkanes) is 27. The van der Waals surface area contributed by atoms with Crippen molar-refractivity contribution >= 4 is 0 Å². The lowest BCUT2D eigenvalue weighted by atomic mass is 10.1. The van der Waals surface area contributed by atoms with E-state index in [1.165, 1.54) is 206 Å². The van der Waals surface area contributed by atoms with Gasteiger partial charge in [0.05, 0.1) is 0 Å². The summed E-state index contributed by atoms with van der Waals surface area (Å²) in [5.41, 5.74) is 0. The Morgan fingerprint density at radius 3 is 0.568 bits per heavy atom. The quantitative estimate of drug-likeness (QED) is 0.0890. The van der Waals surface area contributed by atoms with E-state index in [2.05, 4.69) is 33.0 Å². The van der Waals surface area contributed by atoms with Crippen molar-refractivity contribution in [3.63, 3.8) is 0 Å². The van der Waals surface area contributed by atoms with E-state index >= 15 is 0 Å². The van der Waals surface area contributed by atoms with E-state index in [1.807, 2.05) is 0 Å². The topological polar surface area (TPSA) is 12.0 Å². The molecule has 0 aromatic carbocycles. The summed E-state index contributed by atoms with van der Waals surface area (Å²) in [5, 5.41) is 3.64. The van der Waals surface area contributed by atoms with Crippen LogP contribution in [-0.4, -0.2) is 13.1 Å². The van der Waals surface area contributed by atoms with Gasteiger partial charge < -0.3 is 5.32 Å². The minimum Gasteiger partial charge on any atom is -0.317 e. The Hall–Kier alpha value is -0.0400. The van der Waals surface area contributed by atoms with Gasteiger partial charge in [-0.05, 0) is 25.9 Å². The van der Waals surface area contributed by atoms with Crippen LogP contribution in [0.2, 0.25) is 0 Å². The fourth-order valence-electron chi connectivity index (χ4n) is 5.16. The summed E-state index contributed by atoms with van der Waals surface area (Å²) in [7, 11) is 0. The molecule has 0 aliphatic rings. The fourth-order valence-corrected chi connectivity index (χ4v) is 5.16. The number of rotatable bonds is 31. The van der Waals surface area contributed by atoms with Gasteiger partial charge in [-0.15, -0.1) is 0 Å². The van der Waals surface area contributed by atoms with E-state index in [-0.39, 0.29) is 0 Å². The highest BCUT2D eigenvalue weighted by atomic mass is 14.8. The van der Waals surface area contributed by atoms with E-state index < -0.39 is 0 Å². The van der Waals surface area contributed by atoms with Crippen molar-refractivity contribution in [3.8, 4) is 0 Å². The molecular formula is C36H77N. The molecule has 0 heterocycles. The van der Waals surface area contributed by atoms with Crippen molar-refractivity contribution in [2.45, 2.75) is 220 Å². The molecule has 0 saturated heterocycles.